The Kier molecular flexibility index (Phi) is 4.40. The summed E-state index contributed by atoms with van der Waals surface area (Å²) in [7, 11) is 2.05. The van der Waals surface area contributed by atoms with Crippen LogP contribution in [0.1, 0.15) is 32.1 Å². The number of carbonyl (C=O) groups excluding carboxylic acids is 1. The number of nitrogens with two attached hydrogens (primary N) is 1. The molecule has 4 nitrogen and oxygen atoms in total. The highest BCUT2D eigenvalue weighted by Gasteiger charge is 2.30. The van der Waals surface area contributed by atoms with E-state index < -0.39 is 0 Å². The number of hydrogen-bond acceptors (Lipinski definition) is 3. The molecule has 0 aromatic heterocycles. The lowest BCUT2D eigenvalue weighted by Crippen LogP contribution is -2.43. The van der Waals surface area contributed by atoms with Crippen molar-refractivity contribution in [3.63, 3.8) is 0 Å². The molecule has 0 aromatic carbocycles. The highest BCUT2D eigenvalue weighted by molar-refractivity contribution is 5.78. The van der Waals surface area contributed by atoms with E-state index in [1.807, 2.05) is 0 Å². The molecular formula is C13H25N3O. The Morgan fingerprint density at radius 3 is 2.76 bits per heavy atom. The van der Waals surface area contributed by atoms with Gasteiger partial charge in [-0.25, -0.2) is 0 Å². The first kappa shape index (κ1) is 12.8. The molecule has 2 aliphatic rings. The Labute approximate surface area is 104 Å². The second-order valence-electron chi connectivity index (χ2n) is 5.66. The second kappa shape index (κ2) is 5.83. The molecule has 4 heteroatoms. The van der Waals surface area contributed by atoms with E-state index in [9.17, 15) is 4.79 Å². The molecule has 2 fully saturated rings. The van der Waals surface area contributed by atoms with Crippen molar-refractivity contribution >= 4 is 5.91 Å². The Hall–Kier alpha value is -0.610. The SMILES string of the molecule is CN(CC(=O)NCC1CC1)C1CCCC1CN. The maximum atomic E-state index is 11.8. The molecule has 2 saturated carbocycles. The van der Waals surface area contributed by atoms with Gasteiger partial charge in [0.05, 0.1) is 6.54 Å². The molecular weight excluding hydrogens is 214 g/mol. The molecule has 0 radical (unpaired) electrons. The van der Waals surface area contributed by atoms with Gasteiger partial charge in [-0.2, -0.15) is 0 Å². The number of hydrogen-bond donors (Lipinski definition) is 2. The largest absolute Gasteiger partial charge is 0.355 e. The number of carbonyl (C=O) groups is 1. The lowest BCUT2D eigenvalue weighted by atomic mass is 10.0. The van der Waals surface area contributed by atoms with Gasteiger partial charge in [-0.1, -0.05) is 6.42 Å². The molecule has 3 N–H and O–H groups in total. The summed E-state index contributed by atoms with van der Waals surface area (Å²) in [5.74, 6) is 1.51. The molecule has 2 rings (SSSR count). The topological polar surface area (TPSA) is 58.4 Å². The van der Waals surface area contributed by atoms with Crippen molar-refractivity contribution in [3.05, 3.63) is 0 Å². The summed E-state index contributed by atoms with van der Waals surface area (Å²) in [5.41, 5.74) is 5.77. The maximum absolute atomic E-state index is 11.8. The van der Waals surface area contributed by atoms with Crippen molar-refractivity contribution in [2.45, 2.75) is 38.1 Å². The summed E-state index contributed by atoms with van der Waals surface area (Å²) in [6, 6.07) is 0.506. The molecule has 17 heavy (non-hydrogen) atoms. The van der Waals surface area contributed by atoms with Crippen LogP contribution in [-0.2, 0) is 4.79 Å². The zero-order chi connectivity index (χ0) is 12.3. The number of amides is 1. The van der Waals surface area contributed by atoms with Crippen molar-refractivity contribution in [2.75, 3.05) is 26.7 Å². The third kappa shape index (κ3) is 3.68. The standard InChI is InChI=1S/C13H25N3O/c1-16(12-4-2-3-11(12)7-14)9-13(17)15-8-10-5-6-10/h10-12H,2-9,14H2,1H3,(H,15,17). The minimum absolute atomic E-state index is 0.169. The number of nitrogens with zero attached hydrogens (tertiary/aromatic N) is 1. The summed E-state index contributed by atoms with van der Waals surface area (Å²) >= 11 is 0. The van der Waals surface area contributed by atoms with Gasteiger partial charge < -0.3 is 11.1 Å². The quantitative estimate of drug-likeness (QED) is 0.712. The summed E-state index contributed by atoms with van der Waals surface area (Å²) in [6.07, 6.45) is 6.23. The van der Waals surface area contributed by atoms with Gasteiger partial charge in [-0.15, -0.1) is 0 Å². The molecule has 2 atom stereocenters. The lowest BCUT2D eigenvalue weighted by molar-refractivity contribution is -0.122. The molecule has 0 aliphatic heterocycles. The van der Waals surface area contributed by atoms with E-state index in [0.717, 1.165) is 19.0 Å². The molecule has 0 saturated heterocycles. The van der Waals surface area contributed by atoms with Crippen LogP contribution in [-0.4, -0.2) is 43.5 Å². The van der Waals surface area contributed by atoms with E-state index in [1.54, 1.807) is 0 Å². The van der Waals surface area contributed by atoms with Gasteiger partial charge in [-0.05, 0) is 51.1 Å². The van der Waals surface area contributed by atoms with E-state index in [0.29, 0.717) is 18.5 Å². The van der Waals surface area contributed by atoms with Crippen molar-refractivity contribution in [3.8, 4) is 0 Å². The van der Waals surface area contributed by atoms with E-state index in [2.05, 4.69) is 17.3 Å². The predicted octanol–water partition coefficient (Wildman–Crippen LogP) is 0.572. The monoisotopic (exact) mass is 239 g/mol. The molecule has 1 amide bonds. The molecule has 0 bridgehead atoms. The normalized spacial score (nSPS) is 28.6. The third-order valence-electron chi connectivity index (χ3n) is 4.17. The summed E-state index contributed by atoms with van der Waals surface area (Å²) in [5, 5.41) is 3.02. The van der Waals surface area contributed by atoms with E-state index in [1.165, 1.54) is 32.1 Å². The Bertz CT molecular complexity index is 265. The van der Waals surface area contributed by atoms with Gasteiger partial charge in [0.25, 0.3) is 0 Å². The molecule has 0 spiro atoms. The maximum Gasteiger partial charge on any atom is 0.234 e. The fraction of sp³-hybridized carbons (Fsp3) is 0.923. The minimum Gasteiger partial charge on any atom is -0.355 e. The summed E-state index contributed by atoms with van der Waals surface area (Å²) in [4.78, 5) is 13.9. The van der Waals surface area contributed by atoms with Crippen LogP contribution in [0, 0.1) is 11.8 Å². The number of likely N-dealkylation sites (N-methyl/N-ethyl adjacent to an activating group) is 1. The van der Waals surface area contributed by atoms with Crippen molar-refractivity contribution in [1.82, 2.24) is 10.2 Å². The fourth-order valence-electron chi connectivity index (χ4n) is 2.85. The number of nitrogens with one attached hydrogen (secondary N) is 1. The smallest absolute Gasteiger partial charge is 0.234 e. The molecule has 2 unspecified atom stereocenters. The first-order valence-electron chi connectivity index (χ1n) is 6.87. The average molecular weight is 239 g/mol. The van der Waals surface area contributed by atoms with Gasteiger partial charge >= 0.3 is 0 Å². The van der Waals surface area contributed by atoms with Crippen LogP contribution >= 0.6 is 0 Å². The lowest BCUT2D eigenvalue weighted by Gasteiger charge is -2.28. The number of rotatable bonds is 6. The van der Waals surface area contributed by atoms with Gasteiger partial charge in [0.2, 0.25) is 5.91 Å². The molecule has 2 aliphatic carbocycles. The van der Waals surface area contributed by atoms with Crippen LogP contribution in [0.4, 0.5) is 0 Å². The van der Waals surface area contributed by atoms with Gasteiger partial charge in [0.15, 0.2) is 0 Å². The van der Waals surface area contributed by atoms with Crippen molar-refractivity contribution < 1.29 is 4.79 Å². The summed E-state index contributed by atoms with van der Waals surface area (Å²) in [6.45, 7) is 2.14. The first-order valence-corrected chi connectivity index (χ1v) is 6.87. The van der Waals surface area contributed by atoms with E-state index >= 15 is 0 Å². The Morgan fingerprint density at radius 2 is 2.12 bits per heavy atom. The van der Waals surface area contributed by atoms with Gasteiger partial charge in [0.1, 0.15) is 0 Å². The third-order valence-corrected chi connectivity index (χ3v) is 4.17. The van der Waals surface area contributed by atoms with Crippen LogP contribution in [0.5, 0.6) is 0 Å². The Balaban J connectivity index is 1.70. The predicted molar refractivity (Wildman–Crippen MR) is 68.5 cm³/mol. The molecule has 0 aromatic rings. The van der Waals surface area contributed by atoms with Crippen LogP contribution < -0.4 is 11.1 Å². The zero-order valence-electron chi connectivity index (χ0n) is 10.8. The molecule has 98 valence electrons. The average Bonchev–Trinajstić information content (AvgIpc) is 3.01. The second-order valence-corrected chi connectivity index (χ2v) is 5.66. The zero-order valence-corrected chi connectivity index (χ0v) is 10.8. The van der Waals surface area contributed by atoms with Crippen molar-refractivity contribution in [1.29, 1.82) is 0 Å². The summed E-state index contributed by atoms with van der Waals surface area (Å²) < 4.78 is 0. The van der Waals surface area contributed by atoms with Gasteiger partial charge in [0, 0.05) is 12.6 Å². The van der Waals surface area contributed by atoms with E-state index in [4.69, 9.17) is 5.73 Å². The van der Waals surface area contributed by atoms with Crippen molar-refractivity contribution in [2.24, 2.45) is 17.6 Å². The van der Waals surface area contributed by atoms with Gasteiger partial charge in [-0.3, -0.25) is 9.69 Å². The van der Waals surface area contributed by atoms with Crippen LogP contribution in [0.25, 0.3) is 0 Å². The molecule has 0 heterocycles. The fourth-order valence-corrected chi connectivity index (χ4v) is 2.85. The van der Waals surface area contributed by atoms with Crippen LogP contribution in [0.15, 0.2) is 0 Å². The highest BCUT2D eigenvalue weighted by Crippen LogP contribution is 2.29. The van der Waals surface area contributed by atoms with Crippen LogP contribution in [0.2, 0.25) is 0 Å². The minimum atomic E-state index is 0.169. The van der Waals surface area contributed by atoms with Crippen LogP contribution in [0.3, 0.4) is 0 Å². The van der Waals surface area contributed by atoms with E-state index in [-0.39, 0.29) is 5.91 Å². The first-order chi connectivity index (χ1) is 8.20. The Morgan fingerprint density at radius 1 is 1.35 bits per heavy atom. The highest BCUT2D eigenvalue weighted by atomic mass is 16.2.